The van der Waals surface area contributed by atoms with E-state index < -0.39 is 18.6 Å². The van der Waals surface area contributed by atoms with Crippen LogP contribution in [0.15, 0.2) is 54.7 Å². The number of halogens is 4. The second-order valence-electron chi connectivity index (χ2n) is 8.31. The van der Waals surface area contributed by atoms with E-state index in [0.717, 1.165) is 25.7 Å². The van der Waals surface area contributed by atoms with E-state index in [-0.39, 0.29) is 23.3 Å². The summed E-state index contributed by atoms with van der Waals surface area (Å²) in [6.07, 6.45) is 2.59. The van der Waals surface area contributed by atoms with Crippen molar-refractivity contribution in [2.75, 3.05) is 11.9 Å². The van der Waals surface area contributed by atoms with E-state index in [1.54, 1.807) is 18.3 Å². The van der Waals surface area contributed by atoms with Crippen molar-refractivity contribution in [3.63, 3.8) is 0 Å². The van der Waals surface area contributed by atoms with Crippen molar-refractivity contribution < 1.29 is 22.3 Å². The number of aromatic nitrogens is 3. The second kappa shape index (κ2) is 10.7. The lowest BCUT2D eigenvalue weighted by Crippen LogP contribution is -2.23. The van der Waals surface area contributed by atoms with Gasteiger partial charge >= 0.3 is 6.18 Å². The van der Waals surface area contributed by atoms with E-state index >= 15 is 0 Å². The number of nitrogens with two attached hydrogens (primary N) is 1. The van der Waals surface area contributed by atoms with Crippen molar-refractivity contribution in [1.29, 1.82) is 0 Å². The third kappa shape index (κ3) is 6.68. The number of ether oxygens (including phenoxy) is 1. The minimum atomic E-state index is -4.50. The fourth-order valence-corrected chi connectivity index (χ4v) is 3.97. The van der Waals surface area contributed by atoms with E-state index in [1.807, 2.05) is 0 Å². The van der Waals surface area contributed by atoms with Crippen molar-refractivity contribution in [3.8, 4) is 5.88 Å². The SMILES string of the molecule is NC(=C(c1cccc(OCC(F)(F)F)n1)c1ccnc(NC2CCCCC2)n1)c1ccc(F)cc1. The van der Waals surface area contributed by atoms with Gasteiger partial charge in [0, 0.05) is 23.9 Å². The number of nitrogens with zero attached hydrogens (tertiary/aromatic N) is 3. The fourth-order valence-electron chi connectivity index (χ4n) is 3.97. The maximum atomic E-state index is 13.5. The molecule has 0 radical (unpaired) electrons. The van der Waals surface area contributed by atoms with E-state index in [0.29, 0.717) is 22.8 Å². The first-order chi connectivity index (χ1) is 16.8. The molecule has 4 rings (SSSR count). The molecule has 3 aromatic rings. The largest absolute Gasteiger partial charge is 0.468 e. The van der Waals surface area contributed by atoms with Crippen molar-refractivity contribution in [3.05, 3.63) is 77.5 Å². The number of anilines is 1. The highest BCUT2D eigenvalue weighted by molar-refractivity contribution is 5.95. The summed E-state index contributed by atoms with van der Waals surface area (Å²) in [5.74, 6) is -0.216. The molecule has 0 unspecified atom stereocenters. The Morgan fingerprint density at radius 3 is 2.40 bits per heavy atom. The highest BCUT2D eigenvalue weighted by Gasteiger charge is 2.29. The highest BCUT2D eigenvalue weighted by Crippen LogP contribution is 2.30. The Hall–Kier alpha value is -3.69. The summed E-state index contributed by atoms with van der Waals surface area (Å²) < 4.78 is 56.3. The first kappa shape index (κ1) is 24.4. The van der Waals surface area contributed by atoms with Crippen LogP contribution in [-0.4, -0.2) is 33.8 Å². The summed E-state index contributed by atoms with van der Waals surface area (Å²) in [5.41, 5.74) is 8.27. The number of alkyl halides is 3. The predicted molar refractivity (Wildman–Crippen MR) is 125 cm³/mol. The van der Waals surface area contributed by atoms with Crippen LogP contribution < -0.4 is 15.8 Å². The van der Waals surface area contributed by atoms with Gasteiger partial charge in [0.2, 0.25) is 11.8 Å². The van der Waals surface area contributed by atoms with Gasteiger partial charge in [0.15, 0.2) is 6.61 Å². The zero-order valence-electron chi connectivity index (χ0n) is 18.9. The molecule has 0 atom stereocenters. The Balaban J connectivity index is 1.74. The molecular formula is C25H25F4N5O. The molecule has 35 heavy (non-hydrogen) atoms. The van der Waals surface area contributed by atoms with E-state index in [2.05, 4.69) is 20.3 Å². The van der Waals surface area contributed by atoms with Gasteiger partial charge in [-0.25, -0.2) is 19.3 Å². The highest BCUT2D eigenvalue weighted by atomic mass is 19.4. The third-order valence-corrected chi connectivity index (χ3v) is 5.64. The molecule has 10 heteroatoms. The topological polar surface area (TPSA) is 86.0 Å². The van der Waals surface area contributed by atoms with Crippen LogP contribution in [0.4, 0.5) is 23.5 Å². The van der Waals surface area contributed by atoms with Crippen LogP contribution in [0.3, 0.4) is 0 Å². The molecule has 0 spiro atoms. The Bertz CT molecular complexity index is 1170. The van der Waals surface area contributed by atoms with Crippen molar-refractivity contribution in [1.82, 2.24) is 15.0 Å². The van der Waals surface area contributed by atoms with E-state index in [1.165, 1.54) is 42.8 Å². The van der Waals surface area contributed by atoms with Crippen LogP contribution in [0.1, 0.15) is 49.1 Å². The summed E-state index contributed by atoms with van der Waals surface area (Å²) in [6.45, 7) is -1.47. The molecule has 3 N–H and O–H groups in total. The molecule has 0 bridgehead atoms. The molecule has 0 saturated heterocycles. The minimum Gasteiger partial charge on any atom is -0.468 e. The lowest BCUT2D eigenvalue weighted by Gasteiger charge is -2.23. The molecule has 0 aliphatic heterocycles. The van der Waals surface area contributed by atoms with Gasteiger partial charge in [0.25, 0.3) is 0 Å². The lowest BCUT2D eigenvalue weighted by molar-refractivity contribution is -0.154. The van der Waals surface area contributed by atoms with Gasteiger partial charge in [-0.3, -0.25) is 0 Å². The summed E-state index contributed by atoms with van der Waals surface area (Å²) in [4.78, 5) is 13.2. The summed E-state index contributed by atoms with van der Waals surface area (Å²) in [6, 6.07) is 11.9. The number of hydrogen-bond acceptors (Lipinski definition) is 6. The molecule has 1 aliphatic rings. The monoisotopic (exact) mass is 487 g/mol. The third-order valence-electron chi connectivity index (χ3n) is 5.64. The smallest absolute Gasteiger partial charge is 0.422 e. The van der Waals surface area contributed by atoms with Gasteiger partial charge < -0.3 is 15.8 Å². The van der Waals surface area contributed by atoms with Gasteiger partial charge in [-0.15, -0.1) is 0 Å². The Labute approximate surface area is 200 Å². The van der Waals surface area contributed by atoms with Crippen LogP contribution in [0.25, 0.3) is 11.3 Å². The number of pyridine rings is 1. The maximum Gasteiger partial charge on any atom is 0.422 e. The number of benzene rings is 1. The molecule has 1 aliphatic carbocycles. The van der Waals surface area contributed by atoms with Crippen LogP contribution in [0.2, 0.25) is 0 Å². The second-order valence-corrected chi connectivity index (χ2v) is 8.31. The first-order valence-electron chi connectivity index (χ1n) is 11.3. The van der Waals surface area contributed by atoms with Crippen LogP contribution in [0.5, 0.6) is 5.88 Å². The Kier molecular flexibility index (Phi) is 7.48. The average Bonchev–Trinajstić information content (AvgIpc) is 2.84. The lowest BCUT2D eigenvalue weighted by atomic mass is 9.96. The molecule has 184 valence electrons. The molecule has 1 saturated carbocycles. The summed E-state index contributed by atoms with van der Waals surface area (Å²) in [7, 11) is 0. The summed E-state index contributed by atoms with van der Waals surface area (Å²) >= 11 is 0. The van der Waals surface area contributed by atoms with Crippen LogP contribution in [0, 0.1) is 5.82 Å². The number of nitrogens with one attached hydrogen (secondary N) is 1. The Morgan fingerprint density at radius 1 is 0.971 bits per heavy atom. The minimum absolute atomic E-state index is 0.209. The standard InChI is InChI=1S/C25H25F4N5O/c26-17-11-9-16(10-12-17)23(30)22(19-7-4-8-21(33-19)35-15-25(27,28)29)20-13-14-31-24(34-20)32-18-5-2-1-3-6-18/h4,7-14,18H,1-3,5-6,15,30H2,(H,31,32,34). The molecule has 6 nitrogen and oxygen atoms in total. The van der Waals surface area contributed by atoms with Gasteiger partial charge in [-0.2, -0.15) is 13.2 Å². The van der Waals surface area contributed by atoms with Crippen LogP contribution >= 0.6 is 0 Å². The van der Waals surface area contributed by atoms with Crippen molar-refractivity contribution >= 4 is 17.2 Å². The molecular weight excluding hydrogens is 462 g/mol. The first-order valence-corrected chi connectivity index (χ1v) is 11.3. The molecule has 0 amide bonds. The zero-order chi connectivity index (χ0) is 24.8. The fraction of sp³-hybridized carbons (Fsp3) is 0.320. The Morgan fingerprint density at radius 2 is 1.69 bits per heavy atom. The van der Waals surface area contributed by atoms with Crippen molar-refractivity contribution in [2.45, 2.75) is 44.3 Å². The maximum absolute atomic E-state index is 13.5. The van der Waals surface area contributed by atoms with Gasteiger partial charge in [0.05, 0.1) is 17.1 Å². The quantitative estimate of drug-likeness (QED) is 0.424. The summed E-state index contributed by atoms with van der Waals surface area (Å²) in [5, 5.41) is 3.36. The zero-order valence-corrected chi connectivity index (χ0v) is 18.9. The van der Waals surface area contributed by atoms with E-state index in [9.17, 15) is 17.6 Å². The van der Waals surface area contributed by atoms with Crippen LogP contribution in [-0.2, 0) is 0 Å². The van der Waals surface area contributed by atoms with Gasteiger partial charge in [-0.1, -0.05) is 25.3 Å². The van der Waals surface area contributed by atoms with E-state index in [4.69, 9.17) is 10.5 Å². The molecule has 1 fully saturated rings. The van der Waals surface area contributed by atoms with Gasteiger partial charge in [0.1, 0.15) is 5.82 Å². The normalized spacial score (nSPS) is 15.4. The number of hydrogen-bond donors (Lipinski definition) is 2. The van der Waals surface area contributed by atoms with Gasteiger partial charge in [-0.05, 0) is 54.8 Å². The number of rotatable bonds is 7. The molecule has 2 aromatic heterocycles. The average molecular weight is 488 g/mol. The van der Waals surface area contributed by atoms with Crippen molar-refractivity contribution in [2.24, 2.45) is 5.73 Å². The predicted octanol–water partition coefficient (Wildman–Crippen LogP) is 5.57. The molecule has 2 heterocycles. The molecule has 1 aromatic carbocycles.